The third-order valence-corrected chi connectivity index (χ3v) is 6.31. The summed E-state index contributed by atoms with van der Waals surface area (Å²) in [6, 6.07) is 0.395. The minimum atomic E-state index is -0.138. The minimum Gasteiger partial charge on any atom is -0.357 e. The summed E-state index contributed by atoms with van der Waals surface area (Å²) in [5, 5.41) is 9.34. The lowest BCUT2D eigenvalue weighted by Crippen LogP contribution is -2.43. The lowest BCUT2D eigenvalue weighted by Gasteiger charge is -2.18. The zero-order chi connectivity index (χ0) is 20.4. The molecule has 1 aliphatic heterocycles. The molecule has 0 spiro atoms. The number of allylic oxidation sites excluding steroid dienone is 2. The van der Waals surface area contributed by atoms with Gasteiger partial charge in [-0.15, -0.1) is 0 Å². The number of guanidine groups is 1. The van der Waals surface area contributed by atoms with Gasteiger partial charge >= 0.3 is 0 Å². The predicted octanol–water partition coefficient (Wildman–Crippen LogP) is 0.407. The number of carbonyl (C=O) groups is 3. The summed E-state index contributed by atoms with van der Waals surface area (Å²) >= 11 is 0. The average molecular weight is 402 g/mol. The lowest BCUT2D eigenvalue weighted by molar-refractivity contribution is -0.140. The number of aliphatic imine (C=N–C) groups is 1. The van der Waals surface area contributed by atoms with Gasteiger partial charge in [-0.05, 0) is 44.4 Å². The molecule has 1 heterocycles. The Labute approximate surface area is 171 Å². The fourth-order valence-electron chi connectivity index (χ4n) is 4.77. The van der Waals surface area contributed by atoms with Crippen LogP contribution in [0.25, 0.3) is 0 Å². The molecule has 4 atom stereocenters. The van der Waals surface area contributed by atoms with Gasteiger partial charge in [-0.25, -0.2) is 0 Å². The van der Waals surface area contributed by atoms with Gasteiger partial charge < -0.3 is 16.0 Å². The van der Waals surface area contributed by atoms with E-state index in [9.17, 15) is 14.4 Å². The molecule has 4 unspecified atom stereocenters. The number of nitrogens with one attached hydrogen (secondary N) is 3. The van der Waals surface area contributed by atoms with Gasteiger partial charge in [0.05, 0.1) is 11.8 Å². The molecular formula is C21H31N5O3. The van der Waals surface area contributed by atoms with Crippen molar-refractivity contribution < 1.29 is 14.4 Å². The molecule has 8 nitrogen and oxygen atoms in total. The molecular weight excluding hydrogens is 370 g/mol. The van der Waals surface area contributed by atoms with Crippen LogP contribution < -0.4 is 16.0 Å². The van der Waals surface area contributed by atoms with Crippen molar-refractivity contribution in [2.75, 3.05) is 26.2 Å². The van der Waals surface area contributed by atoms with Crippen molar-refractivity contribution in [3.8, 4) is 0 Å². The Bertz CT molecular complexity index is 700. The van der Waals surface area contributed by atoms with Crippen LogP contribution in [0.4, 0.5) is 0 Å². The summed E-state index contributed by atoms with van der Waals surface area (Å²) < 4.78 is 0. The Hall–Kier alpha value is -2.38. The van der Waals surface area contributed by atoms with Gasteiger partial charge in [0, 0.05) is 38.6 Å². The number of rotatable bonds is 9. The molecule has 0 aromatic rings. The van der Waals surface area contributed by atoms with E-state index in [4.69, 9.17) is 0 Å². The van der Waals surface area contributed by atoms with Crippen LogP contribution in [0.15, 0.2) is 17.1 Å². The maximum Gasteiger partial charge on any atom is 0.233 e. The molecule has 8 heteroatoms. The highest BCUT2D eigenvalue weighted by molar-refractivity contribution is 6.06. The van der Waals surface area contributed by atoms with Crippen molar-refractivity contribution in [2.24, 2.45) is 28.7 Å². The number of carbonyl (C=O) groups excluding carboxylic acids is 3. The van der Waals surface area contributed by atoms with Gasteiger partial charge in [-0.1, -0.05) is 12.2 Å². The summed E-state index contributed by atoms with van der Waals surface area (Å²) in [5.74, 6) is 0.939. The monoisotopic (exact) mass is 401 g/mol. The van der Waals surface area contributed by atoms with Crippen LogP contribution in [-0.2, 0) is 14.4 Å². The van der Waals surface area contributed by atoms with Gasteiger partial charge in [0.25, 0.3) is 0 Å². The fraction of sp³-hybridized carbons (Fsp3) is 0.714. The molecule has 0 aromatic carbocycles. The molecule has 4 aliphatic rings. The highest BCUT2D eigenvalue weighted by atomic mass is 16.2. The Morgan fingerprint density at radius 3 is 2.45 bits per heavy atom. The summed E-state index contributed by atoms with van der Waals surface area (Å²) in [7, 11) is 0. The standard InChI is InChI=1S/C21H31N5O3/c1-2-22-21(23-9-3-4-16(27)25-15-7-8-15)24-10-11-26-19(28)17-13-5-6-14(12-13)18(17)20(26)29/h5-6,13-15,17-18H,2-4,7-12H2,1H3,(H,25,27)(H2,22,23,24). The van der Waals surface area contributed by atoms with Crippen LogP contribution in [0.5, 0.6) is 0 Å². The van der Waals surface area contributed by atoms with E-state index in [1.165, 1.54) is 4.90 Å². The smallest absolute Gasteiger partial charge is 0.233 e. The second-order valence-corrected chi connectivity index (χ2v) is 8.46. The molecule has 3 N–H and O–H groups in total. The van der Waals surface area contributed by atoms with E-state index >= 15 is 0 Å². The number of imide groups is 1. The summed E-state index contributed by atoms with van der Waals surface area (Å²) in [4.78, 5) is 43.0. The molecule has 29 heavy (non-hydrogen) atoms. The molecule has 0 radical (unpaired) electrons. The van der Waals surface area contributed by atoms with E-state index in [1.54, 1.807) is 0 Å². The van der Waals surface area contributed by atoms with Crippen LogP contribution >= 0.6 is 0 Å². The minimum absolute atomic E-state index is 0.0118. The Morgan fingerprint density at radius 1 is 1.14 bits per heavy atom. The van der Waals surface area contributed by atoms with Crippen LogP contribution in [-0.4, -0.2) is 60.8 Å². The van der Waals surface area contributed by atoms with Crippen molar-refractivity contribution in [2.45, 2.75) is 45.1 Å². The summed E-state index contributed by atoms with van der Waals surface area (Å²) in [5.41, 5.74) is 0. The van der Waals surface area contributed by atoms with Crippen LogP contribution in [0.1, 0.15) is 39.0 Å². The maximum atomic E-state index is 12.7. The van der Waals surface area contributed by atoms with E-state index in [0.29, 0.717) is 44.5 Å². The fourth-order valence-corrected chi connectivity index (χ4v) is 4.77. The highest BCUT2D eigenvalue weighted by Crippen LogP contribution is 2.52. The average Bonchev–Trinajstić information content (AvgIpc) is 3.17. The third-order valence-electron chi connectivity index (χ3n) is 6.31. The summed E-state index contributed by atoms with van der Waals surface area (Å²) in [6.45, 7) is 4.08. The van der Waals surface area contributed by atoms with Crippen LogP contribution in [0.3, 0.4) is 0 Å². The molecule has 158 valence electrons. The predicted molar refractivity (Wildman–Crippen MR) is 109 cm³/mol. The van der Waals surface area contributed by atoms with Crippen molar-refractivity contribution in [1.29, 1.82) is 0 Å². The second-order valence-electron chi connectivity index (χ2n) is 8.46. The van der Waals surface area contributed by atoms with E-state index < -0.39 is 0 Å². The molecule has 3 fully saturated rings. The van der Waals surface area contributed by atoms with E-state index in [1.807, 2.05) is 6.92 Å². The normalized spacial score (nSPS) is 30.1. The number of hydrogen-bond donors (Lipinski definition) is 3. The SMILES string of the molecule is CCNC(=NCCCC(=O)NC1CC1)NCCN1C(=O)C2C3C=CC(C3)C2C1=O. The van der Waals surface area contributed by atoms with Gasteiger partial charge in [-0.3, -0.25) is 24.3 Å². The van der Waals surface area contributed by atoms with E-state index in [2.05, 4.69) is 33.1 Å². The topological polar surface area (TPSA) is 103 Å². The highest BCUT2D eigenvalue weighted by Gasteiger charge is 2.58. The Morgan fingerprint density at radius 2 is 1.83 bits per heavy atom. The lowest BCUT2D eigenvalue weighted by atomic mass is 9.85. The van der Waals surface area contributed by atoms with Crippen LogP contribution in [0.2, 0.25) is 0 Å². The number of fused-ring (bicyclic) bond motifs is 5. The number of likely N-dealkylation sites (tertiary alicyclic amines) is 1. The largest absolute Gasteiger partial charge is 0.357 e. The summed E-state index contributed by atoms with van der Waals surface area (Å²) in [6.07, 6.45) is 8.54. The molecule has 2 saturated carbocycles. The first-order valence-corrected chi connectivity index (χ1v) is 10.9. The third kappa shape index (κ3) is 4.31. The first kappa shape index (κ1) is 19.9. The van der Waals surface area contributed by atoms with Gasteiger partial charge in [0.1, 0.15) is 0 Å². The molecule has 1 saturated heterocycles. The molecule has 0 aromatic heterocycles. The Kier molecular flexibility index (Phi) is 5.87. The zero-order valence-electron chi connectivity index (χ0n) is 17.0. The van der Waals surface area contributed by atoms with E-state index in [0.717, 1.165) is 25.8 Å². The molecule has 3 amide bonds. The quantitative estimate of drug-likeness (QED) is 0.171. The van der Waals surface area contributed by atoms with Crippen molar-refractivity contribution >= 4 is 23.7 Å². The number of amides is 3. The maximum absolute atomic E-state index is 12.7. The van der Waals surface area contributed by atoms with Gasteiger partial charge in [0.15, 0.2) is 5.96 Å². The van der Waals surface area contributed by atoms with Gasteiger partial charge in [-0.2, -0.15) is 0 Å². The zero-order valence-corrected chi connectivity index (χ0v) is 17.0. The van der Waals surface area contributed by atoms with Crippen molar-refractivity contribution in [3.05, 3.63) is 12.2 Å². The number of nitrogens with zero attached hydrogens (tertiary/aromatic N) is 2. The van der Waals surface area contributed by atoms with Gasteiger partial charge in [0.2, 0.25) is 17.7 Å². The van der Waals surface area contributed by atoms with E-state index in [-0.39, 0.29) is 41.4 Å². The molecule has 2 bridgehead atoms. The van der Waals surface area contributed by atoms with Crippen molar-refractivity contribution in [3.63, 3.8) is 0 Å². The first-order valence-electron chi connectivity index (χ1n) is 10.9. The molecule has 3 aliphatic carbocycles. The first-order chi connectivity index (χ1) is 14.1. The second kappa shape index (κ2) is 8.55. The van der Waals surface area contributed by atoms with Crippen molar-refractivity contribution in [1.82, 2.24) is 20.9 Å². The Balaban J connectivity index is 1.21. The van der Waals surface area contributed by atoms with Crippen LogP contribution in [0, 0.1) is 23.7 Å². The number of hydrogen-bond acceptors (Lipinski definition) is 4. The molecule has 4 rings (SSSR count).